The molecule has 56 heavy (non-hydrogen) atoms. The van der Waals surface area contributed by atoms with Crippen LogP contribution in [-0.2, 0) is 69.2 Å². The molecule has 3 aliphatic rings. The molecule has 294 valence electrons. The van der Waals surface area contributed by atoms with Crippen LogP contribution in [0.4, 0.5) is 0 Å². The van der Waals surface area contributed by atoms with E-state index in [4.69, 9.17) is 33.2 Å². The van der Waals surface area contributed by atoms with E-state index in [9.17, 15) is 9.59 Å². The molecule has 0 spiro atoms. The first-order valence-corrected chi connectivity index (χ1v) is 19.5. The molecule has 7 rings (SSSR count). The van der Waals surface area contributed by atoms with Crippen LogP contribution < -0.4 is 0 Å². The number of benzene rings is 4. The van der Waals surface area contributed by atoms with Crippen LogP contribution in [0.5, 0.6) is 0 Å². The fourth-order valence-corrected chi connectivity index (χ4v) is 8.37. The van der Waals surface area contributed by atoms with Crippen molar-refractivity contribution in [3.8, 4) is 0 Å². The van der Waals surface area contributed by atoms with Gasteiger partial charge in [-0.15, -0.1) is 6.58 Å². The zero-order valence-electron chi connectivity index (χ0n) is 32.4. The average Bonchev–Trinajstić information content (AvgIpc) is 3.52. The van der Waals surface area contributed by atoms with Crippen molar-refractivity contribution in [3.05, 3.63) is 156 Å². The largest absolute Gasteiger partial charge is 0.454 e. The minimum absolute atomic E-state index is 0.162. The highest BCUT2D eigenvalue weighted by Gasteiger charge is 2.77. The summed E-state index contributed by atoms with van der Waals surface area (Å²) in [7, 11) is 0. The summed E-state index contributed by atoms with van der Waals surface area (Å²) in [5, 5.41) is 0. The molecule has 2 bridgehead atoms. The van der Waals surface area contributed by atoms with Gasteiger partial charge in [0.05, 0.1) is 38.4 Å². The Morgan fingerprint density at radius 1 is 0.589 bits per heavy atom. The maximum atomic E-state index is 14.9. The highest BCUT2D eigenvalue weighted by molar-refractivity contribution is 5.93. The summed E-state index contributed by atoms with van der Waals surface area (Å²) < 4.78 is 46.8. The van der Waals surface area contributed by atoms with Crippen molar-refractivity contribution in [2.24, 2.45) is 10.8 Å². The van der Waals surface area contributed by atoms with E-state index in [1.165, 1.54) is 0 Å². The summed E-state index contributed by atoms with van der Waals surface area (Å²) in [6.07, 6.45) is -2.81. The summed E-state index contributed by atoms with van der Waals surface area (Å²) in [4.78, 5) is 28.2. The average molecular weight is 761 g/mol. The highest BCUT2D eigenvalue weighted by Crippen LogP contribution is 2.66. The Bertz CT molecular complexity index is 1900. The molecular formula is C47H52O9. The number of carbonyl (C=O) groups is 2. The number of hydrogen-bond acceptors (Lipinski definition) is 9. The standard InChI is InChI=1S/C47H52O9/c1-5-28-50-37-38(51-29-33-18-10-6-11-19-33)39(52-30-34-20-12-7-13-21-34)41(54-32-36-24-16-9-17-25-36)42(40(37)53-31-35-22-14-8-15-23-35)55-44(49)47-27-26-46(4,43(48)56-47)45(47,2)3/h5-25,37-42H,1,26-32H2,2-4H3/t37-,38+,39+,40+,41-,42-,46-,47+/m0/s1. The molecule has 4 aromatic rings. The minimum Gasteiger partial charge on any atom is -0.454 e. The Morgan fingerprint density at radius 2 is 0.946 bits per heavy atom. The number of rotatable bonds is 17. The number of esters is 2. The molecule has 1 aliphatic heterocycles. The van der Waals surface area contributed by atoms with Gasteiger partial charge in [0.2, 0.25) is 5.60 Å². The Kier molecular flexibility index (Phi) is 12.2. The van der Waals surface area contributed by atoms with E-state index in [0.29, 0.717) is 12.8 Å². The Balaban J connectivity index is 1.33. The first-order chi connectivity index (χ1) is 27.2. The van der Waals surface area contributed by atoms with Gasteiger partial charge >= 0.3 is 11.9 Å². The Morgan fingerprint density at radius 3 is 1.27 bits per heavy atom. The van der Waals surface area contributed by atoms with Gasteiger partial charge in [0.1, 0.15) is 30.5 Å². The molecule has 0 radical (unpaired) electrons. The van der Waals surface area contributed by atoms with Crippen molar-refractivity contribution in [2.75, 3.05) is 6.61 Å². The second-order valence-corrected chi connectivity index (χ2v) is 15.7. The van der Waals surface area contributed by atoms with Crippen molar-refractivity contribution in [3.63, 3.8) is 0 Å². The van der Waals surface area contributed by atoms with Crippen LogP contribution in [0.1, 0.15) is 55.9 Å². The van der Waals surface area contributed by atoms with E-state index in [0.717, 1.165) is 22.3 Å². The van der Waals surface area contributed by atoms with Gasteiger partial charge in [-0.3, -0.25) is 4.79 Å². The molecule has 1 heterocycles. The van der Waals surface area contributed by atoms with Crippen LogP contribution in [0.15, 0.2) is 134 Å². The van der Waals surface area contributed by atoms with E-state index in [2.05, 4.69) is 6.58 Å². The van der Waals surface area contributed by atoms with Gasteiger partial charge in [-0.25, -0.2) is 4.79 Å². The molecule has 9 heteroatoms. The summed E-state index contributed by atoms with van der Waals surface area (Å²) in [6, 6.07) is 39.3. The number of carbonyl (C=O) groups excluding carboxylic acids is 2. The first-order valence-electron chi connectivity index (χ1n) is 19.5. The highest BCUT2D eigenvalue weighted by atomic mass is 16.7. The second kappa shape index (κ2) is 17.2. The molecular weight excluding hydrogens is 709 g/mol. The zero-order valence-corrected chi connectivity index (χ0v) is 32.4. The first kappa shape index (κ1) is 39.6. The summed E-state index contributed by atoms with van der Waals surface area (Å²) in [5.41, 5.74) is 0.573. The van der Waals surface area contributed by atoms with Gasteiger partial charge < -0.3 is 33.2 Å². The third-order valence-corrected chi connectivity index (χ3v) is 12.1. The molecule has 0 N–H and O–H groups in total. The predicted octanol–water partition coefficient (Wildman–Crippen LogP) is 7.95. The maximum Gasteiger partial charge on any atom is 0.351 e. The molecule has 3 fully saturated rings. The van der Waals surface area contributed by atoms with Crippen LogP contribution in [0, 0.1) is 10.8 Å². The van der Waals surface area contributed by atoms with Crippen LogP contribution in [0.25, 0.3) is 0 Å². The molecule has 2 saturated carbocycles. The second-order valence-electron chi connectivity index (χ2n) is 15.7. The molecule has 0 unspecified atom stereocenters. The SMILES string of the molecule is C=CCO[C@H]1[C@@H](OCc2ccccc2)[C@@H](OCc2ccccc2)[C@H](OCc2ccccc2)[C@@H](OC(=O)[C@@]23CC[C@@](C)(C(=O)O2)C3(C)C)[C@@H]1OCc1ccccc1. The number of hydrogen-bond donors (Lipinski definition) is 0. The molecule has 9 nitrogen and oxygen atoms in total. The van der Waals surface area contributed by atoms with Crippen molar-refractivity contribution < 1.29 is 42.7 Å². The van der Waals surface area contributed by atoms with E-state index in [1.807, 2.05) is 142 Å². The molecule has 0 aromatic heterocycles. The third kappa shape index (κ3) is 7.84. The lowest BCUT2D eigenvalue weighted by Crippen LogP contribution is -2.68. The van der Waals surface area contributed by atoms with Gasteiger partial charge in [-0.2, -0.15) is 0 Å². The van der Waals surface area contributed by atoms with E-state index in [1.54, 1.807) is 6.08 Å². The molecule has 0 amide bonds. The van der Waals surface area contributed by atoms with Crippen LogP contribution >= 0.6 is 0 Å². The van der Waals surface area contributed by atoms with E-state index < -0.39 is 65.0 Å². The fourth-order valence-electron chi connectivity index (χ4n) is 8.37. The van der Waals surface area contributed by atoms with Crippen molar-refractivity contribution in [1.82, 2.24) is 0 Å². The van der Waals surface area contributed by atoms with Gasteiger partial charge in [0, 0.05) is 5.41 Å². The number of fused-ring (bicyclic) bond motifs is 2. The van der Waals surface area contributed by atoms with Crippen molar-refractivity contribution in [1.29, 1.82) is 0 Å². The van der Waals surface area contributed by atoms with E-state index in [-0.39, 0.29) is 33.0 Å². The topological polar surface area (TPSA) is 98.8 Å². The quantitative estimate of drug-likeness (QED) is 0.0785. The lowest BCUT2D eigenvalue weighted by Gasteiger charge is -2.50. The minimum atomic E-state index is -1.49. The Hall–Kier alpha value is -4.64. The lowest BCUT2D eigenvalue weighted by atomic mass is 9.66. The van der Waals surface area contributed by atoms with E-state index >= 15 is 0 Å². The van der Waals surface area contributed by atoms with Crippen LogP contribution in [0.3, 0.4) is 0 Å². The molecule has 4 aromatic carbocycles. The third-order valence-electron chi connectivity index (χ3n) is 12.1. The van der Waals surface area contributed by atoms with Gasteiger partial charge in [0.15, 0.2) is 6.10 Å². The Labute approximate surface area is 329 Å². The molecule has 2 aliphatic carbocycles. The number of ether oxygens (including phenoxy) is 7. The molecule has 8 atom stereocenters. The lowest BCUT2D eigenvalue weighted by molar-refractivity contribution is -0.286. The molecule has 1 saturated heterocycles. The van der Waals surface area contributed by atoms with Crippen molar-refractivity contribution in [2.45, 2.75) is 102 Å². The summed E-state index contributed by atoms with van der Waals surface area (Å²) >= 11 is 0. The van der Waals surface area contributed by atoms with Crippen molar-refractivity contribution >= 4 is 11.9 Å². The van der Waals surface area contributed by atoms with Gasteiger partial charge in [-0.05, 0) is 42.0 Å². The van der Waals surface area contributed by atoms with Crippen LogP contribution in [-0.4, -0.2) is 60.8 Å². The summed E-state index contributed by atoms with van der Waals surface area (Å²) in [6.45, 7) is 10.6. The zero-order chi connectivity index (χ0) is 39.2. The predicted molar refractivity (Wildman–Crippen MR) is 210 cm³/mol. The van der Waals surface area contributed by atoms with Gasteiger partial charge in [0.25, 0.3) is 0 Å². The van der Waals surface area contributed by atoms with Gasteiger partial charge in [-0.1, -0.05) is 141 Å². The monoisotopic (exact) mass is 760 g/mol. The smallest absolute Gasteiger partial charge is 0.351 e. The normalized spacial score (nSPS) is 29.1. The maximum absolute atomic E-state index is 14.9. The summed E-state index contributed by atoms with van der Waals surface area (Å²) in [5.74, 6) is -1.04. The fraction of sp³-hybridized carbons (Fsp3) is 0.404. The van der Waals surface area contributed by atoms with Crippen LogP contribution in [0.2, 0.25) is 0 Å².